The Morgan fingerprint density at radius 3 is 2.68 bits per heavy atom. The minimum absolute atomic E-state index is 0.268. The monoisotopic (exact) mass is 255 g/mol. The number of hydrogen-bond donors (Lipinski definition) is 0. The molecular formula is C15H15N2O2-. The van der Waals surface area contributed by atoms with Gasteiger partial charge in [0.05, 0.1) is 23.0 Å². The lowest BCUT2D eigenvalue weighted by molar-refractivity contribution is -0.255. The standard InChI is InChI=1S/C15H16N2O2/c1-9-4-3-5-12(8-9)17-10(2)13(15(18)19)14(16-17)11-6-7-11/h3-5,8,11H,6-7H2,1-2H3,(H,18,19)/p-1. The first-order valence-corrected chi connectivity index (χ1v) is 6.46. The second-order valence-electron chi connectivity index (χ2n) is 5.16. The van der Waals surface area contributed by atoms with Gasteiger partial charge in [0.2, 0.25) is 0 Å². The maximum absolute atomic E-state index is 11.3. The lowest BCUT2D eigenvalue weighted by Crippen LogP contribution is -2.24. The molecule has 1 aromatic heterocycles. The quantitative estimate of drug-likeness (QED) is 0.839. The number of nitrogens with zero attached hydrogens (tertiary/aromatic N) is 2. The van der Waals surface area contributed by atoms with E-state index in [1.165, 1.54) is 0 Å². The predicted octanol–water partition coefficient (Wildman–Crippen LogP) is 1.73. The van der Waals surface area contributed by atoms with Crippen LogP contribution >= 0.6 is 0 Å². The van der Waals surface area contributed by atoms with Crippen molar-refractivity contribution in [1.29, 1.82) is 0 Å². The van der Waals surface area contributed by atoms with Gasteiger partial charge in [-0.2, -0.15) is 5.10 Å². The molecule has 0 unspecified atom stereocenters. The van der Waals surface area contributed by atoms with E-state index in [9.17, 15) is 9.90 Å². The zero-order chi connectivity index (χ0) is 13.6. The average molecular weight is 255 g/mol. The maximum Gasteiger partial charge on any atom is 0.0753 e. The Balaban J connectivity index is 2.17. The lowest BCUT2D eigenvalue weighted by atomic mass is 10.1. The summed E-state index contributed by atoms with van der Waals surface area (Å²) >= 11 is 0. The summed E-state index contributed by atoms with van der Waals surface area (Å²) in [6, 6.07) is 7.88. The molecule has 1 aliphatic rings. The minimum atomic E-state index is -1.13. The van der Waals surface area contributed by atoms with Crippen molar-refractivity contribution in [1.82, 2.24) is 9.78 Å². The van der Waals surface area contributed by atoms with Gasteiger partial charge in [0.25, 0.3) is 0 Å². The number of carbonyl (C=O) groups excluding carboxylic acids is 1. The van der Waals surface area contributed by atoms with Crippen molar-refractivity contribution in [2.24, 2.45) is 0 Å². The maximum atomic E-state index is 11.3. The third kappa shape index (κ3) is 2.03. The average Bonchev–Trinajstić information content (AvgIpc) is 3.13. The van der Waals surface area contributed by atoms with Crippen LogP contribution in [-0.4, -0.2) is 15.7 Å². The molecule has 4 heteroatoms. The number of rotatable bonds is 3. The van der Waals surface area contributed by atoms with Crippen LogP contribution in [0.5, 0.6) is 0 Å². The minimum Gasteiger partial charge on any atom is -0.545 e. The van der Waals surface area contributed by atoms with Crippen LogP contribution in [0.15, 0.2) is 24.3 Å². The lowest BCUT2D eigenvalue weighted by Gasteiger charge is -2.06. The number of aromatic carboxylic acids is 1. The first-order valence-electron chi connectivity index (χ1n) is 6.46. The SMILES string of the molecule is Cc1cccc(-n2nc(C3CC3)c(C(=O)[O-])c2C)c1. The fourth-order valence-electron chi connectivity index (χ4n) is 2.43. The van der Waals surface area contributed by atoms with Crippen molar-refractivity contribution in [2.75, 3.05) is 0 Å². The molecule has 1 aliphatic carbocycles. The number of carboxylic acids is 1. The Morgan fingerprint density at radius 1 is 1.37 bits per heavy atom. The second kappa shape index (κ2) is 4.23. The molecule has 0 bridgehead atoms. The van der Waals surface area contributed by atoms with Gasteiger partial charge >= 0.3 is 0 Å². The fourth-order valence-corrected chi connectivity index (χ4v) is 2.43. The molecule has 0 radical (unpaired) electrons. The molecule has 1 aromatic carbocycles. The molecule has 4 nitrogen and oxygen atoms in total. The van der Waals surface area contributed by atoms with Crippen molar-refractivity contribution in [2.45, 2.75) is 32.6 Å². The largest absolute Gasteiger partial charge is 0.545 e. The highest BCUT2D eigenvalue weighted by Gasteiger charge is 2.31. The normalized spacial score (nSPS) is 14.6. The molecule has 1 heterocycles. The smallest absolute Gasteiger partial charge is 0.0753 e. The molecular weight excluding hydrogens is 240 g/mol. The van der Waals surface area contributed by atoms with E-state index in [1.807, 2.05) is 31.2 Å². The van der Waals surface area contributed by atoms with Crippen molar-refractivity contribution in [3.8, 4) is 5.69 Å². The summed E-state index contributed by atoms with van der Waals surface area (Å²) in [6.45, 7) is 3.79. The third-order valence-corrected chi connectivity index (χ3v) is 3.56. The van der Waals surface area contributed by atoms with Crippen molar-refractivity contribution < 1.29 is 9.90 Å². The number of aromatic nitrogens is 2. The summed E-state index contributed by atoms with van der Waals surface area (Å²) in [7, 11) is 0. The molecule has 19 heavy (non-hydrogen) atoms. The molecule has 1 fully saturated rings. The van der Waals surface area contributed by atoms with E-state index < -0.39 is 5.97 Å². The zero-order valence-electron chi connectivity index (χ0n) is 11.0. The summed E-state index contributed by atoms with van der Waals surface area (Å²) < 4.78 is 1.71. The molecule has 0 aliphatic heterocycles. The van der Waals surface area contributed by atoms with E-state index >= 15 is 0 Å². The molecule has 1 saturated carbocycles. The van der Waals surface area contributed by atoms with Gasteiger partial charge in [-0.1, -0.05) is 12.1 Å². The Labute approximate surface area is 111 Å². The van der Waals surface area contributed by atoms with Crippen molar-refractivity contribution >= 4 is 5.97 Å². The van der Waals surface area contributed by atoms with Gasteiger partial charge < -0.3 is 9.90 Å². The number of carbonyl (C=O) groups is 1. The van der Waals surface area contributed by atoms with Gasteiger partial charge in [-0.15, -0.1) is 0 Å². The van der Waals surface area contributed by atoms with Crippen LogP contribution in [0.4, 0.5) is 0 Å². The van der Waals surface area contributed by atoms with E-state index in [0.29, 0.717) is 11.4 Å². The Morgan fingerprint density at radius 2 is 2.11 bits per heavy atom. The second-order valence-corrected chi connectivity index (χ2v) is 5.16. The molecule has 2 aromatic rings. The van der Waals surface area contributed by atoms with Gasteiger partial charge in [0.15, 0.2) is 0 Å². The van der Waals surface area contributed by atoms with E-state index in [0.717, 1.165) is 24.1 Å². The van der Waals surface area contributed by atoms with Crippen molar-refractivity contribution in [3.63, 3.8) is 0 Å². The van der Waals surface area contributed by atoms with Crippen LogP contribution in [0, 0.1) is 13.8 Å². The summed E-state index contributed by atoms with van der Waals surface area (Å²) in [4.78, 5) is 11.3. The molecule has 0 N–H and O–H groups in total. The van der Waals surface area contributed by atoms with Crippen LogP contribution in [0.3, 0.4) is 0 Å². The van der Waals surface area contributed by atoms with Gasteiger partial charge in [0, 0.05) is 11.5 Å². The van der Waals surface area contributed by atoms with Gasteiger partial charge in [0.1, 0.15) is 0 Å². The Bertz CT molecular complexity index is 654. The van der Waals surface area contributed by atoms with Gasteiger partial charge in [-0.05, 0) is 44.4 Å². The fraction of sp³-hybridized carbons (Fsp3) is 0.333. The first-order chi connectivity index (χ1) is 9.08. The molecule has 98 valence electrons. The first kappa shape index (κ1) is 12.0. The van der Waals surface area contributed by atoms with E-state index in [1.54, 1.807) is 11.6 Å². The van der Waals surface area contributed by atoms with E-state index in [-0.39, 0.29) is 11.5 Å². The number of aryl methyl sites for hydroxylation is 1. The van der Waals surface area contributed by atoms with Crippen LogP contribution in [0.25, 0.3) is 5.69 Å². The summed E-state index contributed by atoms with van der Waals surface area (Å²) in [5.41, 5.74) is 3.61. The predicted molar refractivity (Wildman–Crippen MR) is 69.3 cm³/mol. The van der Waals surface area contributed by atoms with Gasteiger partial charge in [-0.25, -0.2) is 4.68 Å². The molecule has 0 spiro atoms. The highest BCUT2D eigenvalue weighted by atomic mass is 16.4. The van der Waals surface area contributed by atoms with Gasteiger partial charge in [-0.3, -0.25) is 0 Å². The molecule has 0 atom stereocenters. The zero-order valence-corrected chi connectivity index (χ0v) is 11.0. The molecule has 0 saturated heterocycles. The highest BCUT2D eigenvalue weighted by Crippen LogP contribution is 2.41. The summed E-state index contributed by atoms with van der Waals surface area (Å²) in [6.07, 6.45) is 2.04. The number of carboxylic acid groups (broad SMARTS) is 1. The van der Waals surface area contributed by atoms with E-state index in [4.69, 9.17) is 0 Å². The van der Waals surface area contributed by atoms with Crippen LogP contribution in [0.1, 0.15) is 46.1 Å². The third-order valence-electron chi connectivity index (χ3n) is 3.56. The number of benzene rings is 1. The molecule has 3 rings (SSSR count). The summed E-state index contributed by atoms with van der Waals surface area (Å²) in [5, 5.41) is 15.8. The topological polar surface area (TPSA) is 58.0 Å². The van der Waals surface area contributed by atoms with E-state index in [2.05, 4.69) is 5.10 Å². The highest BCUT2D eigenvalue weighted by molar-refractivity contribution is 5.89. The Hall–Kier alpha value is -2.10. The van der Waals surface area contributed by atoms with Crippen LogP contribution in [-0.2, 0) is 0 Å². The van der Waals surface area contributed by atoms with Crippen LogP contribution < -0.4 is 5.11 Å². The van der Waals surface area contributed by atoms with Crippen molar-refractivity contribution in [3.05, 3.63) is 46.8 Å². The summed E-state index contributed by atoms with van der Waals surface area (Å²) in [5.74, 6) is -0.837. The number of hydrogen-bond acceptors (Lipinski definition) is 3. The van der Waals surface area contributed by atoms with Crippen LogP contribution in [0.2, 0.25) is 0 Å². The molecule has 0 amide bonds. The Kier molecular flexibility index (Phi) is 2.66.